The second kappa shape index (κ2) is 7.25. The van der Waals surface area contributed by atoms with Gasteiger partial charge in [0, 0.05) is 30.7 Å². The van der Waals surface area contributed by atoms with E-state index < -0.39 is 0 Å². The van der Waals surface area contributed by atoms with E-state index in [1.165, 1.54) is 0 Å². The number of carbonyl (C=O) groups excluding carboxylic acids is 1. The summed E-state index contributed by atoms with van der Waals surface area (Å²) < 4.78 is 3.44. The standard InChI is InChI=1S/C20H18N6O/c1-15-18(14-24-26(15)17-8-3-2-4-9-17)20(27)22-13-16-7-5-10-21-19(16)25-12-6-11-23-25/h2-12,14H,13H2,1H3,(H,22,27). The largest absolute Gasteiger partial charge is 0.348 e. The number of hydrogen-bond donors (Lipinski definition) is 1. The Morgan fingerprint density at radius 2 is 1.89 bits per heavy atom. The summed E-state index contributed by atoms with van der Waals surface area (Å²) in [6.45, 7) is 2.23. The van der Waals surface area contributed by atoms with Gasteiger partial charge in [0.2, 0.25) is 0 Å². The van der Waals surface area contributed by atoms with Crippen LogP contribution in [0.3, 0.4) is 0 Å². The van der Waals surface area contributed by atoms with Crippen molar-refractivity contribution in [2.24, 2.45) is 0 Å². The topological polar surface area (TPSA) is 77.6 Å². The predicted molar refractivity (Wildman–Crippen MR) is 101 cm³/mol. The van der Waals surface area contributed by atoms with Crippen LogP contribution in [0, 0.1) is 6.92 Å². The van der Waals surface area contributed by atoms with Crippen LogP contribution in [0.4, 0.5) is 0 Å². The lowest BCUT2D eigenvalue weighted by Crippen LogP contribution is -2.24. The van der Waals surface area contributed by atoms with Crippen molar-refractivity contribution in [2.75, 3.05) is 0 Å². The first-order valence-corrected chi connectivity index (χ1v) is 8.56. The molecule has 3 aromatic heterocycles. The van der Waals surface area contributed by atoms with Gasteiger partial charge in [-0.25, -0.2) is 14.3 Å². The van der Waals surface area contributed by atoms with Crippen molar-refractivity contribution in [2.45, 2.75) is 13.5 Å². The van der Waals surface area contributed by atoms with Gasteiger partial charge in [-0.15, -0.1) is 0 Å². The molecular weight excluding hydrogens is 340 g/mol. The summed E-state index contributed by atoms with van der Waals surface area (Å²) in [5.41, 5.74) is 3.13. The van der Waals surface area contributed by atoms with Crippen LogP contribution in [0.5, 0.6) is 0 Å². The maximum atomic E-state index is 12.7. The normalized spacial score (nSPS) is 10.7. The van der Waals surface area contributed by atoms with Gasteiger partial charge in [0.15, 0.2) is 5.82 Å². The van der Waals surface area contributed by atoms with Crippen molar-refractivity contribution in [3.05, 3.63) is 90.1 Å². The first-order valence-electron chi connectivity index (χ1n) is 8.56. The number of benzene rings is 1. The molecule has 0 aliphatic carbocycles. The molecule has 0 unspecified atom stereocenters. The molecule has 0 saturated carbocycles. The molecule has 0 bridgehead atoms. The summed E-state index contributed by atoms with van der Waals surface area (Å²) >= 11 is 0. The minimum Gasteiger partial charge on any atom is -0.348 e. The third kappa shape index (κ3) is 3.35. The van der Waals surface area contributed by atoms with Crippen LogP contribution < -0.4 is 5.32 Å². The smallest absolute Gasteiger partial charge is 0.255 e. The molecule has 1 N–H and O–H groups in total. The molecule has 4 rings (SSSR count). The molecular formula is C20H18N6O. The maximum Gasteiger partial charge on any atom is 0.255 e. The number of rotatable bonds is 5. The van der Waals surface area contributed by atoms with Crippen molar-refractivity contribution < 1.29 is 4.79 Å². The maximum absolute atomic E-state index is 12.7. The van der Waals surface area contributed by atoms with Gasteiger partial charge in [0.25, 0.3) is 5.91 Å². The summed E-state index contributed by atoms with van der Waals surface area (Å²) in [6.07, 6.45) is 6.81. The van der Waals surface area contributed by atoms with Crippen LogP contribution in [0.1, 0.15) is 21.6 Å². The van der Waals surface area contributed by atoms with Gasteiger partial charge >= 0.3 is 0 Å². The molecule has 134 valence electrons. The lowest BCUT2D eigenvalue weighted by Gasteiger charge is -2.10. The summed E-state index contributed by atoms with van der Waals surface area (Å²) in [5, 5.41) is 11.5. The highest BCUT2D eigenvalue weighted by molar-refractivity contribution is 5.95. The van der Waals surface area contributed by atoms with Gasteiger partial charge in [0.05, 0.1) is 23.1 Å². The summed E-state index contributed by atoms with van der Waals surface area (Å²) in [5.74, 6) is 0.518. The molecule has 3 heterocycles. The lowest BCUT2D eigenvalue weighted by molar-refractivity contribution is 0.0950. The van der Waals surface area contributed by atoms with Crippen molar-refractivity contribution in [3.8, 4) is 11.5 Å². The Bertz CT molecular complexity index is 1050. The second-order valence-corrected chi connectivity index (χ2v) is 6.01. The number of nitrogens with zero attached hydrogens (tertiary/aromatic N) is 5. The average molecular weight is 358 g/mol. The van der Waals surface area contributed by atoms with Crippen LogP contribution in [-0.2, 0) is 6.54 Å². The fraction of sp³-hybridized carbons (Fsp3) is 0.100. The van der Waals surface area contributed by atoms with E-state index in [1.807, 2.05) is 61.7 Å². The highest BCUT2D eigenvalue weighted by Crippen LogP contribution is 2.15. The zero-order valence-corrected chi connectivity index (χ0v) is 14.8. The molecule has 0 aliphatic heterocycles. The first kappa shape index (κ1) is 16.7. The molecule has 0 saturated heterocycles. The van der Waals surface area contributed by atoms with Crippen molar-refractivity contribution >= 4 is 5.91 Å². The van der Waals surface area contributed by atoms with Gasteiger partial charge in [-0.3, -0.25) is 4.79 Å². The van der Waals surface area contributed by atoms with E-state index in [9.17, 15) is 4.79 Å². The third-order valence-electron chi connectivity index (χ3n) is 4.28. The van der Waals surface area contributed by atoms with Gasteiger partial charge in [-0.05, 0) is 31.2 Å². The van der Waals surface area contributed by atoms with E-state index in [0.717, 1.165) is 16.9 Å². The minimum atomic E-state index is -0.176. The molecule has 0 fully saturated rings. The SMILES string of the molecule is Cc1c(C(=O)NCc2cccnc2-n2cccn2)cnn1-c1ccccc1. The van der Waals surface area contributed by atoms with E-state index in [2.05, 4.69) is 20.5 Å². The fourth-order valence-electron chi connectivity index (χ4n) is 2.90. The fourth-order valence-corrected chi connectivity index (χ4v) is 2.90. The monoisotopic (exact) mass is 358 g/mol. The Balaban J connectivity index is 1.53. The van der Waals surface area contributed by atoms with Gasteiger partial charge < -0.3 is 5.32 Å². The van der Waals surface area contributed by atoms with Crippen molar-refractivity contribution in [3.63, 3.8) is 0 Å². The highest BCUT2D eigenvalue weighted by Gasteiger charge is 2.16. The van der Waals surface area contributed by atoms with Gasteiger partial charge in [-0.2, -0.15) is 10.2 Å². The number of pyridine rings is 1. The Morgan fingerprint density at radius 3 is 2.67 bits per heavy atom. The molecule has 7 nitrogen and oxygen atoms in total. The van der Waals surface area contributed by atoms with Gasteiger partial charge in [0.1, 0.15) is 0 Å². The molecule has 0 spiro atoms. The van der Waals surface area contributed by atoms with Crippen molar-refractivity contribution in [1.29, 1.82) is 0 Å². The Kier molecular flexibility index (Phi) is 4.49. The third-order valence-corrected chi connectivity index (χ3v) is 4.28. The van der Waals surface area contributed by atoms with Gasteiger partial charge in [-0.1, -0.05) is 24.3 Å². The van der Waals surface area contributed by atoms with Crippen LogP contribution in [0.15, 0.2) is 73.3 Å². The second-order valence-electron chi connectivity index (χ2n) is 6.01. The molecule has 1 aromatic carbocycles. The molecule has 4 aromatic rings. The Labute approximate surface area is 156 Å². The number of amides is 1. The number of para-hydroxylation sites is 1. The number of nitrogens with one attached hydrogen (secondary N) is 1. The van der Waals surface area contributed by atoms with E-state index in [0.29, 0.717) is 17.9 Å². The predicted octanol–water partition coefficient (Wildman–Crippen LogP) is 2.69. The lowest BCUT2D eigenvalue weighted by atomic mass is 10.2. The first-order chi connectivity index (χ1) is 13.2. The van der Waals surface area contributed by atoms with E-state index >= 15 is 0 Å². The number of aromatic nitrogens is 5. The molecule has 0 radical (unpaired) electrons. The quantitative estimate of drug-likeness (QED) is 0.595. The molecule has 1 amide bonds. The summed E-state index contributed by atoms with van der Waals surface area (Å²) in [4.78, 5) is 17.0. The van der Waals surface area contributed by atoms with Crippen LogP contribution in [0.25, 0.3) is 11.5 Å². The zero-order valence-electron chi connectivity index (χ0n) is 14.8. The van der Waals surface area contributed by atoms with E-state index in [-0.39, 0.29) is 5.91 Å². The number of carbonyl (C=O) groups is 1. The summed E-state index contributed by atoms with van der Waals surface area (Å²) in [6, 6.07) is 15.3. The average Bonchev–Trinajstić information content (AvgIpc) is 3.37. The molecule has 27 heavy (non-hydrogen) atoms. The van der Waals surface area contributed by atoms with Crippen molar-refractivity contribution in [1.82, 2.24) is 29.9 Å². The molecule has 0 aliphatic rings. The van der Waals surface area contributed by atoms with Crippen LogP contribution in [0.2, 0.25) is 0 Å². The zero-order chi connectivity index (χ0) is 18.6. The number of hydrogen-bond acceptors (Lipinski definition) is 4. The van der Waals surface area contributed by atoms with E-state index in [4.69, 9.17) is 0 Å². The van der Waals surface area contributed by atoms with E-state index in [1.54, 1.807) is 28.0 Å². The summed E-state index contributed by atoms with van der Waals surface area (Å²) in [7, 11) is 0. The van der Waals surface area contributed by atoms with Crippen LogP contribution in [-0.4, -0.2) is 30.5 Å². The molecule has 7 heteroatoms. The molecule has 0 atom stereocenters. The Hall–Kier alpha value is -3.74. The highest BCUT2D eigenvalue weighted by atomic mass is 16.1. The minimum absolute atomic E-state index is 0.176. The Morgan fingerprint density at radius 1 is 1.04 bits per heavy atom. The van der Waals surface area contributed by atoms with Crippen LogP contribution >= 0.6 is 0 Å².